The molecule has 2 rings (SSSR count). The Labute approximate surface area is 106 Å². The molecule has 1 amide bonds. The highest BCUT2D eigenvalue weighted by Crippen LogP contribution is 2.17. The molecule has 1 heterocycles. The molecule has 1 aromatic rings. The highest BCUT2D eigenvalue weighted by molar-refractivity contribution is 5.75. The zero-order chi connectivity index (χ0) is 13.0. The van der Waals surface area contributed by atoms with Gasteiger partial charge in [0.15, 0.2) is 0 Å². The molecule has 100 valence electrons. The number of carbonyl (C=O) groups excluding carboxylic acids is 1. The predicted molar refractivity (Wildman–Crippen MR) is 65.7 cm³/mol. The fourth-order valence-corrected chi connectivity index (χ4v) is 2.25. The van der Waals surface area contributed by atoms with Crippen molar-refractivity contribution in [3.05, 3.63) is 11.9 Å². The molecule has 0 spiro atoms. The van der Waals surface area contributed by atoms with Crippen molar-refractivity contribution in [1.29, 1.82) is 0 Å². The van der Waals surface area contributed by atoms with E-state index in [0.717, 1.165) is 12.8 Å². The summed E-state index contributed by atoms with van der Waals surface area (Å²) in [5.74, 6) is -0.0380. The first-order valence-electron chi connectivity index (χ1n) is 6.52. The number of nitrogens with zero attached hydrogens (tertiary/aromatic N) is 3. The van der Waals surface area contributed by atoms with Crippen LogP contribution in [0.3, 0.4) is 0 Å². The van der Waals surface area contributed by atoms with Crippen LogP contribution < -0.4 is 5.32 Å². The van der Waals surface area contributed by atoms with Crippen LogP contribution in [0.4, 0.5) is 0 Å². The Morgan fingerprint density at radius 3 is 2.89 bits per heavy atom. The average Bonchev–Trinajstić information content (AvgIpc) is 2.78. The van der Waals surface area contributed by atoms with Gasteiger partial charge >= 0.3 is 0 Å². The van der Waals surface area contributed by atoms with Crippen LogP contribution in [0, 0.1) is 0 Å². The van der Waals surface area contributed by atoms with Gasteiger partial charge in [-0.25, -0.2) is 4.68 Å². The Hall–Kier alpha value is -1.43. The van der Waals surface area contributed by atoms with Gasteiger partial charge < -0.3 is 10.4 Å². The van der Waals surface area contributed by atoms with Crippen molar-refractivity contribution in [2.45, 2.75) is 57.7 Å². The lowest BCUT2D eigenvalue weighted by molar-refractivity contribution is -0.122. The molecule has 1 unspecified atom stereocenters. The molecule has 1 aliphatic rings. The van der Waals surface area contributed by atoms with E-state index in [9.17, 15) is 9.90 Å². The van der Waals surface area contributed by atoms with Gasteiger partial charge in [0.05, 0.1) is 12.3 Å². The van der Waals surface area contributed by atoms with E-state index in [2.05, 4.69) is 15.6 Å². The molecule has 2 N–H and O–H groups in total. The summed E-state index contributed by atoms with van der Waals surface area (Å²) < 4.78 is 1.46. The molecule has 1 aromatic heterocycles. The number of nitrogens with one attached hydrogen (secondary N) is 1. The maximum absolute atomic E-state index is 11.8. The van der Waals surface area contributed by atoms with Crippen LogP contribution in [0.25, 0.3) is 0 Å². The lowest BCUT2D eigenvalue weighted by Gasteiger charge is -2.22. The highest BCUT2D eigenvalue weighted by atomic mass is 16.3. The van der Waals surface area contributed by atoms with Gasteiger partial charge in [0.1, 0.15) is 12.2 Å². The lowest BCUT2D eigenvalue weighted by atomic mass is 9.95. The number of aromatic nitrogens is 3. The van der Waals surface area contributed by atoms with E-state index >= 15 is 0 Å². The van der Waals surface area contributed by atoms with Gasteiger partial charge in [-0.05, 0) is 19.8 Å². The molecule has 6 heteroatoms. The predicted octanol–water partition coefficient (Wildman–Crippen LogP) is 0.780. The maximum atomic E-state index is 11.8. The first-order chi connectivity index (χ1) is 8.65. The number of amides is 1. The Kier molecular flexibility index (Phi) is 4.30. The summed E-state index contributed by atoms with van der Waals surface area (Å²) >= 11 is 0. The molecule has 0 bridgehead atoms. The molecule has 0 aromatic carbocycles. The van der Waals surface area contributed by atoms with Gasteiger partial charge in [-0.3, -0.25) is 4.79 Å². The van der Waals surface area contributed by atoms with E-state index in [1.54, 1.807) is 13.1 Å². The second-order valence-corrected chi connectivity index (χ2v) is 4.92. The van der Waals surface area contributed by atoms with Crippen molar-refractivity contribution in [1.82, 2.24) is 20.3 Å². The minimum absolute atomic E-state index is 0.0380. The van der Waals surface area contributed by atoms with Crippen LogP contribution in [0.5, 0.6) is 0 Å². The Balaban J connectivity index is 1.82. The summed E-state index contributed by atoms with van der Waals surface area (Å²) in [5.41, 5.74) is 0.487. The Morgan fingerprint density at radius 2 is 2.28 bits per heavy atom. The number of aliphatic hydroxyl groups excluding tert-OH is 1. The first-order valence-corrected chi connectivity index (χ1v) is 6.52. The van der Waals surface area contributed by atoms with Gasteiger partial charge in [-0.15, -0.1) is 5.10 Å². The number of aliphatic hydroxyl groups is 1. The Morgan fingerprint density at radius 1 is 1.56 bits per heavy atom. The molecular formula is C12H20N4O2. The molecule has 0 saturated heterocycles. The average molecular weight is 252 g/mol. The molecule has 1 fully saturated rings. The van der Waals surface area contributed by atoms with Gasteiger partial charge in [0.2, 0.25) is 5.91 Å². The standard InChI is InChI=1S/C12H20N4O2/c1-9(17)11-7-16(15-14-11)8-12(18)13-10-5-3-2-4-6-10/h7,9-10,17H,2-6,8H2,1H3,(H,13,18). The van der Waals surface area contributed by atoms with Crippen LogP contribution in [0.2, 0.25) is 0 Å². The van der Waals surface area contributed by atoms with E-state index in [1.807, 2.05) is 0 Å². The summed E-state index contributed by atoms with van der Waals surface area (Å²) in [5, 5.41) is 19.9. The zero-order valence-corrected chi connectivity index (χ0v) is 10.7. The van der Waals surface area contributed by atoms with E-state index in [4.69, 9.17) is 0 Å². The summed E-state index contributed by atoms with van der Waals surface area (Å²) in [6.07, 6.45) is 6.75. The summed E-state index contributed by atoms with van der Waals surface area (Å²) in [4.78, 5) is 11.8. The zero-order valence-electron chi connectivity index (χ0n) is 10.7. The van der Waals surface area contributed by atoms with Crippen molar-refractivity contribution in [3.8, 4) is 0 Å². The molecule has 1 saturated carbocycles. The van der Waals surface area contributed by atoms with E-state index in [0.29, 0.717) is 11.7 Å². The molecule has 18 heavy (non-hydrogen) atoms. The van der Waals surface area contributed by atoms with Crippen molar-refractivity contribution >= 4 is 5.91 Å². The van der Waals surface area contributed by atoms with Crippen LogP contribution >= 0.6 is 0 Å². The van der Waals surface area contributed by atoms with Crippen molar-refractivity contribution in [2.24, 2.45) is 0 Å². The van der Waals surface area contributed by atoms with Crippen LogP contribution in [-0.4, -0.2) is 32.0 Å². The van der Waals surface area contributed by atoms with Gasteiger partial charge in [0.25, 0.3) is 0 Å². The van der Waals surface area contributed by atoms with Crippen molar-refractivity contribution in [2.75, 3.05) is 0 Å². The van der Waals surface area contributed by atoms with Crippen LogP contribution in [0.15, 0.2) is 6.20 Å². The number of carbonyl (C=O) groups is 1. The topological polar surface area (TPSA) is 80.0 Å². The molecule has 0 aliphatic heterocycles. The largest absolute Gasteiger partial charge is 0.387 e. The fraction of sp³-hybridized carbons (Fsp3) is 0.750. The lowest BCUT2D eigenvalue weighted by Crippen LogP contribution is -2.38. The monoisotopic (exact) mass is 252 g/mol. The summed E-state index contributed by atoms with van der Waals surface area (Å²) in [6.45, 7) is 1.78. The van der Waals surface area contributed by atoms with Crippen molar-refractivity contribution in [3.63, 3.8) is 0 Å². The second-order valence-electron chi connectivity index (χ2n) is 4.92. The van der Waals surface area contributed by atoms with E-state index in [1.165, 1.54) is 23.9 Å². The quantitative estimate of drug-likeness (QED) is 0.830. The summed E-state index contributed by atoms with van der Waals surface area (Å²) in [6, 6.07) is 0.311. The van der Waals surface area contributed by atoms with Crippen molar-refractivity contribution < 1.29 is 9.90 Å². The maximum Gasteiger partial charge on any atom is 0.242 e. The molecule has 0 radical (unpaired) electrons. The number of hydrogen-bond donors (Lipinski definition) is 2. The highest BCUT2D eigenvalue weighted by Gasteiger charge is 2.16. The summed E-state index contributed by atoms with van der Waals surface area (Å²) in [7, 11) is 0. The number of hydrogen-bond acceptors (Lipinski definition) is 4. The second kappa shape index (κ2) is 5.95. The SMILES string of the molecule is CC(O)c1cn(CC(=O)NC2CCCCC2)nn1. The molecular weight excluding hydrogens is 232 g/mol. The molecule has 1 aliphatic carbocycles. The minimum atomic E-state index is -0.653. The molecule has 6 nitrogen and oxygen atoms in total. The van der Waals surface area contributed by atoms with E-state index < -0.39 is 6.10 Å². The van der Waals surface area contributed by atoms with Gasteiger partial charge in [-0.2, -0.15) is 0 Å². The van der Waals surface area contributed by atoms with Gasteiger partial charge in [0, 0.05) is 6.04 Å². The third-order valence-corrected chi connectivity index (χ3v) is 3.26. The first kappa shape index (κ1) is 13.0. The van der Waals surface area contributed by atoms with Crippen LogP contribution in [0.1, 0.15) is 50.8 Å². The fourth-order valence-electron chi connectivity index (χ4n) is 2.25. The third-order valence-electron chi connectivity index (χ3n) is 3.26. The Bertz CT molecular complexity index is 397. The normalized spacial score (nSPS) is 18.6. The molecule has 1 atom stereocenters. The number of rotatable bonds is 4. The third kappa shape index (κ3) is 3.53. The smallest absolute Gasteiger partial charge is 0.242 e. The van der Waals surface area contributed by atoms with Gasteiger partial charge in [-0.1, -0.05) is 24.5 Å². The van der Waals surface area contributed by atoms with Crippen LogP contribution in [-0.2, 0) is 11.3 Å². The minimum Gasteiger partial charge on any atom is -0.387 e. The van der Waals surface area contributed by atoms with E-state index in [-0.39, 0.29) is 12.5 Å².